The lowest BCUT2D eigenvalue weighted by Gasteiger charge is -2.12. The van der Waals surface area contributed by atoms with E-state index in [9.17, 15) is 18.0 Å². The second-order valence-corrected chi connectivity index (χ2v) is 4.87. The molecule has 0 fully saturated rings. The fourth-order valence-electron chi connectivity index (χ4n) is 1.76. The molecule has 0 bridgehead atoms. The molecule has 0 radical (unpaired) electrons. The Balaban J connectivity index is 2.00. The van der Waals surface area contributed by atoms with Crippen LogP contribution in [-0.2, 0) is 11.0 Å². The van der Waals surface area contributed by atoms with Crippen LogP contribution in [0.4, 0.5) is 24.5 Å². The number of carbonyl (C=O) groups excluding carboxylic acids is 1. The summed E-state index contributed by atoms with van der Waals surface area (Å²) in [6, 6.07) is 12.2. The van der Waals surface area contributed by atoms with E-state index < -0.39 is 22.7 Å². The first-order valence-electron chi connectivity index (χ1n) is 6.32. The first-order chi connectivity index (χ1) is 10.4. The Morgan fingerprint density at radius 1 is 1.05 bits per heavy atom. The van der Waals surface area contributed by atoms with E-state index in [2.05, 4.69) is 10.6 Å². The molecule has 2 N–H and O–H groups in total. The number of benzene rings is 2. The van der Waals surface area contributed by atoms with Crippen LogP contribution in [0.25, 0.3) is 0 Å². The number of alkyl halides is 3. The van der Waals surface area contributed by atoms with Crippen LogP contribution < -0.4 is 10.6 Å². The van der Waals surface area contributed by atoms with Crippen LogP contribution in [0.3, 0.4) is 0 Å². The quantitative estimate of drug-likeness (QED) is 0.873. The maximum absolute atomic E-state index is 12.7. The maximum atomic E-state index is 12.7. The third-order valence-electron chi connectivity index (χ3n) is 2.78. The molecule has 1 amide bonds. The Labute approximate surface area is 130 Å². The number of rotatable bonds is 4. The summed E-state index contributed by atoms with van der Waals surface area (Å²) in [5.74, 6) is -0.459. The third kappa shape index (κ3) is 4.39. The van der Waals surface area contributed by atoms with Crippen molar-refractivity contribution in [3.8, 4) is 0 Å². The van der Waals surface area contributed by atoms with E-state index in [1.165, 1.54) is 6.07 Å². The van der Waals surface area contributed by atoms with E-state index in [0.717, 1.165) is 17.8 Å². The van der Waals surface area contributed by atoms with Crippen molar-refractivity contribution in [2.24, 2.45) is 0 Å². The minimum Gasteiger partial charge on any atom is -0.376 e. The molecule has 7 heteroatoms. The van der Waals surface area contributed by atoms with Gasteiger partial charge in [-0.3, -0.25) is 4.79 Å². The molecule has 22 heavy (non-hydrogen) atoms. The van der Waals surface area contributed by atoms with Gasteiger partial charge in [0.2, 0.25) is 5.91 Å². The summed E-state index contributed by atoms with van der Waals surface area (Å²) in [4.78, 5) is 11.7. The molecule has 2 aromatic carbocycles. The molecule has 0 aromatic heterocycles. The molecule has 0 atom stereocenters. The van der Waals surface area contributed by atoms with Crippen molar-refractivity contribution in [2.45, 2.75) is 6.18 Å². The second kappa shape index (κ2) is 6.70. The van der Waals surface area contributed by atoms with Gasteiger partial charge in [0.15, 0.2) is 0 Å². The normalized spacial score (nSPS) is 11.1. The minimum atomic E-state index is -4.57. The summed E-state index contributed by atoms with van der Waals surface area (Å²) in [6.07, 6.45) is -4.57. The predicted molar refractivity (Wildman–Crippen MR) is 80.0 cm³/mol. The highest BCUT2D eigenvalue weighted by molar-refractivity contribution is 6.31. The van der Waals surface area contributed by atoms with Crippen molar-refractivity contribution in [3.63, 3.8) is 0 Å². The molecule has 3 nitrogen and oxygen atoms in total. The number of amides is 1. The van der Waals surface area contributed by atoms with Gasteiger partial charge in [-0.25, -0.2) is 0 Å². The lowest BCUT2D eigenvalue weighted by molar-refractivity contribution is -0.137. The lowest BCUT2D eigenvalue weighted by Crippen LogP contribution is -2.22. The van der Waals surface area contributed by atoms with Crippen LogP contribution in [0.5, 0.6) is 0 Å². The van der Waals surface area contributed by atoms with Gasteiger partial charge in [-0.15, -0.1) is 0 Å². The highest BCUT2D eigenvalue weighted by Gasteiger charge is 2.33. The SMILES string of the molecule is O=C(CNc1ccccc1)Nc1ccc(Cl)c(C(F)(F)F)c1. The zero-order valence-electron chi connectivity index (χ0n) is 11.2. The average molecular weight is 329 g/mol. The van der Waals surface area contributed by atoms with Crippen molar-refractivity contribution in [1.82, 2.24) is 0 Å². The summed E-state index contributed by atoms with van der Waals surface area (Å²) >= 11 is 5.51. The van der Waals surface area contributed by atoms with E-state index in [1.807, 2.05) is 6.07 Å². The van der Waals surface area contributed by atoms with Gasteiger partial charge < -0.3 is 10.6 Å². The van der Waals surface area contributed by atoms with Crippen molar-refractivity contribution in [2.75, 3.05) is 17.2 Å². The summed E-state index contributed by atoms with van der Waals surface area (Å²) in [5.41, 5.74) is -0.204. The molecular weight excluding hydrogens is 317 g/mol. The third-order valence-corrected chi connectivity index (χ3v) is 3.11. The number of anilines is 2. The topological polar surface area (TPSA) is 41.1 Å². The smallest absolute Gasteiger partial charge is 0.376 e. The zero-order chi connectivity index (χ0) is 16.2. The number of nitrogens with one attached hydrogen (secondary N) is 2. The number of hydrogen-bond acceptors (Lipinski definition) is 2. The molecule has 0 unspecified atom stereocenters. The highest BCUT2D eigenvalue weighted by atomic mass is 35.5. The van der Waals surface area contributed by atoms with Crippen LogP contribution in [-0.4, -0.2) is 12.5 Å². The van der Waals surface area contributed by atoms with Crippen LogP contribution in [0.1, 0.15) is 5.56 Å². The van der Waals surface area contributed by atoms with Gasteiger partial charge in [0.1, 0.15) is 0 Å². The van der Waals surface area contributed by atoms with E-state index in [1.54, 1.807) is 24.3 Å². The molecule has 0 aliphatic rings. The Bertz CT molecular complexity index is 660. The number of carbonyl (C=O) groups is 1. The van der Waals surface area contributed by atoms with Gasteiger partial charge in [0, 0.05) is 11.4 Å². The molecule has 0 spiro atoms. The first kappa shape index (κ1) is 16.2. The molecule has 116 valence electrons. The van der Waals surface area contributed by atoms with Crippen LogP contribution >= 0.6 is 11.6 Å². The Morgan fingerprint density at radius 2 is 1.73 bits per heavy atom. The van der Waals surface area contributed by atoms with Crippen LogP contribution in [0.2, 0.25) is 5.02 Å². The Morgan fingerprint density at radius 3 is 2.36 bits per heavy atom. The minimum absolute atomic E-state index is 0.0385. The summed E-state index contributed by atoms with van der Waals surface area (Å²) < 4.78 is 38.2. The molecule has 2 aromatic rings. The molecular formula is C15H12ClF3N2O. The summed E-state index contributed by atoms with van der Waals surface area (Å²) in [5, 5.41) is 4.84. The molecule has 0 saturated heterocycles. The van der Waals surface area contributed by atoms with Gasteiger partial charge >= 0.3 is 6.18 Å². The fourth-order valence-corrected chi connectivity index (χ4v) is 1.99. The lowest BCUT2D eigenvalue weighted by atomic mass is 10.2. The molecule has 2 rings (SSSR count). The van der Waals surface area contributed by atoms with E-state index >= 15 is 0 Å². The van der Waals surface area contributed by atoms with E-state index in [-0.39, 0.29) is 12.2 Å². The van der Waals surface area contributed by atoms with Crippen LogP contribution in [0, 0.1) is 0 Å². The summed E-state index contributed by atoms with van der Waals surface area (Å²) in [7, 11) is 0. The van der Waals surface area contributed by atoms with Gasteiger partial charge in [-0.05, 0) is 30.3 Å². The molecule has 0 aliphatic carbocycles. The van der Waals surface area contributed by atoms with Gasteiger partial charge in [-0.1, -0.05) is 29.8 Å². The second-order valence-electron chi connectivity index (χ2n) is 4.46. The number of halogens is 4. The average Bonchev–Trinajstić information content (AvgIpc) is 2.47. The first-order valence-corrected chi connectivity index (χ1v) is 6.69. The Kier molecular flexibility index (Phi) is 4.92. The largest absolute Gasteiger partial charge is 0.417 e. The van der Waals surface area contributed by atoms with Gasteiger partial charge in [0.05, 0.1) is 17.1 Å². The van der Waals surface area contributed by atoms with Crippen molar-refractivity contribution < 1.29 is 18.0 Å². The zero-order valence-corrected chi connectivity index (χ0v) is 12.0. The summed E-state index contributed by atoms with van der Waals surface area (Å²) in [6.45, 7) is -0.0615. The van der Waals surface area contributed by atoms with Gasteiger partial charge in [-0.2, -0.15) is 13.2 Å². The van der Waals surface area contributed by atoms with Crippen molar-refractivity contribution in [1.29, 1.82) is 0 Å². The number of hydrogen-bond donors (Lipinski definition) is 2. The Hall–Kier alpha value is -2.21. The maximum Gasteiger partial charge on any atom is 0.417 e. The van der Waals surface area contributed by atoms with Crippen molar-refractivity contribution in [3.05, 3.63) is 59.1 Å². The monoisotopic (exact) mass is 328 g/mol. The van der Waals surface area contributed by atoms with Crippen LogP contribution in [0.15, 0.2) is 48.5 Å². The molecule has 0 heterocycles. The predicted octanol–water partition coefficient (Wildman–Crippen LogP) is 4.41. The molecule has 0 aliphatic heterocycles. The number of para-hydroxylation sites is 1. The molecule has 0 saturated carbocycles. The van der Waals surface area contributed by atoms with Crippen molar-refractivity contribution >= 4 is 28.9 Å². The van der Waals surface area contributed by atoms with Gasteiger partial charge in [0.25, 0.3) is 0 Å². The van der Waals surface area contributed by atoms with E-state index in [4.69, 9.17) is 11.6 Å². The fraction of sp³-hybridized carbons (Fsp3) is 0.133. The standard InChI is InChI=1S/C15H12ClF3N2O/c16-13-7-6-11(8-12(13)15(17,18)19)21-14(22)9-20-10-4-2-1-3-5-10/h1-8,20H,9H2,(H,21,22). The van der Waals surface area contributed by atoms with E-state index in [0.29, 0.717) is 0 Å². The highest BCUT2D eigenvalue weighted by Crippen LogP contribution is 2.36.